The molecule has 2 amide bonds. The van der Waals surface area contributed by atoms with Gasteiger partial charge in [0.15, 0.2) is 0 Å². The minimum atomic E-state index is -0.687. The Hall–Kier alpha value is -2.08. The van der Waals surface area contributed by atoms with Crippen LogP contribution in [-0.4, -0.2) is 42.9 Å². The summed E-state index contributed by atoms with van der Waals surface area (Å²) < 4.78 is 5.23. The zero-order chi connectivity index (χ0) is 18.2. The van der Waals surface area contributed by atoms with Crippen LogP contribution in [0.3, 0.4) is 0 Å². The summed E-state index contributed by atoms with van der Waals surface area (Å²) in [7, 11) is 2.93. The SMILES string of the molecule is CON(C)C(=O)[C@H](CCCc1ccccc1)NC(=O)OC(C)(C)C. The zero-order valence-electron chi connectivity index (χ0n) is 15.2. The van der Waals surface area contributed by atoms with Gasteiger partial charge in [-0.3, -0.25) is 9.63 Å². The smallest absolute Gasteiger partial charge is 0.408 e. The van der Waals surface area contributed by atoms with E-state index in [0.29, 0.717) is 6.42 Å². The molecule has 0 saturated carbocycles. The molecule has 0 bridgehead atoms. The molecule has 0 aliphatic rings. The van der Waals surface area contributed by atoms with Gasteiger partial charge in [0.1, 0.15) is 11.6 Å². The van der Waals surface area contributed by atoms with E-state index in [2.05, 4.69) is 5.32 Å². The predicted octanol–water partition coefficient (Wildman–Crippen LogP) is 2.92. The van der Waals surface area contributed by atoms with Gasteiger partial charge in [0.25, 0.3) is 5.91 Å². The average Bonchev–Trinajstić information content (AvgIpc) is 2.51. The molecule has 0 fully saturated rings. The Bertz CT molecular complexity index is 526. The van der Waals surface area contributed by atoms with Crippen molar-refractivity contribution in [2.45, 2.75) is 51.7 Å². The van der Waals surface area contributed by atoms with Gasteiger partial charge in [-0.1, -0.05) is 30.3 Å². The molecule has 134 valence electrons. The molecule has 6 heteroatoms. The Morgan fingerprint density at radius 2 is 1.83 bits per heavy atom. The number of carbonyl (C=O) groups excluding carboxylic acids is 2. The molecule has 0 aliphatic carbocycles. The van der Waals surface area contributed by atoms with Gasteiger partial charge in [-0.15, -0.1) is 0 Å². The molecule has 1 rings (SSSR count). The molecule has 1 N–H and O–H groups in total. The van der Waals surface area contributed by atoms with Gasteiger partial charge in [0.2, 0.25) is 0 Å². The number of likely N-dealkylation sites (N-methyl/N-ethyl adjacent to an activating group) is 1. The first-order chi connectivity index (χ1) is 11.2. The maximum atomic E-state index is 12.3. The number of hydroxylamine groups is 2. The standard InChI is InChI=1S/C18H28N2O4/c1-18(2,3)24-17(22)19-15(16(21)20(4)23-5)13-9-12-14-10-7-6-8-11-14/h6-8,10-11,15H,9,12-13H2,1-5H3,(H,19,22)/t15-/m0/s1. The fourth-order valence-electron chi connectivity index (χ4n) is 2.17. The van der Waals surface area contributed by atoms with E-state index in [1.165, 1.54) is 19.7 Å². The minimum Gasteiger partial charge on any atom is -0.444 e. The maximum absolute atomic E-state index is 12.3. The number of hydrogen-bond acceptors (Lipinski definition) is 4. The van der Waals surface area contributed by atoms with E-state index in [0.717, 1.165) is 17.9 Å². The number of alkyl carbamates (subject to hydrolysis) is 1. The van der Waals surface area contributed by atoms with Crippen molar-refractivity contribution in [3.63, 3.8) is 0 Å². The van der Waals surface area contributed by atoms with Crippen molar-refractivity contribution in [2.75, 3.05) is 14.2 Å². The first-order valence-electron chi connectivity index (χ1n) is 8.08. The Balaban J connectivity index is 2.63. The summed E-state index contributed by atoms with van der Waals surface area (Å²) in [5.41, 5.74) is 0.579. The lowest BCUT2D eigenvalue weighted by Crippen LogP contribution is -2.48. The molecule has 0 saturated heterocycles. The third-order valence-corrected chi connectivity index (χ3v) is 3.37. The molecule has 24 heavy (non-hydrogen) atoms. The van der Waals surface area contributed by atoms with E-state index in [-0.39, 0.29) is 5.91 Å². The van der Waals surface area contributed by atoms with E-state index in [1.807, 2.05) is 30.3 Å². The number of hydrogen-bond donors (Lipinski definition) is 1. The van der Waals surface area contributed by atoms with Crippen molar-refractivity contribution in [3.05, 3.63) is 35.9 Å². The summed E-state index contributed by atoms with van der Waals surface area (Å²) in [6, 6.07) is 9.32. The lowest BCUT2D eigenvalue weighted by atomic mass is 10.0. The first kappa shape index (κ1) is 20.0. The van der Waals surface area contributed by atoms with Crippen LogP contribution in [0.15, 0.2) is 30.3 Å². The molecule has 0 spiro atoms. The summed E-state index contributed by atoms with van der Waals surface area (Å²) in [6.07, 6.45) is 1.48. The molecule has 0 aliphatic heterocycles. The molecule has 0 aromatic heterocycles. The Morgan fingerprint density at radius 3 is 2.38 bits per heavy atom. The molecule has 0 radical (unpaired) electrons. The topological polar surface area (TPSA) is 67.9 Å². The Morgan fingerprint density at radius 1 is 1.21 bits per heavy atom. The average molecular weight is 336 g/mol. The molecule has 6 nitrogen and oxygen atoms in total. The fraction of sp³-hybridized carbons (Fsp3) is 0.556. The van der Waals surface area contributed by atoms with Gasteiger partial charge in [-0.25, -0.2) is 9.86 Å². The normalized spacial score (nSPS) is 12.4. The maximum Gasteiger partial charge on any atom is 0.408 e. The second kappa shape index (κ2) is 9.27. The van der Waals surface area contributed by atoms with Crippen molar-refractivity contribution < 1.29 is 19.2 Å². The monoisotopic (exact) mass is 336 g/mol. The highest BCUT2D eigenvalue weighted by molar-refractivity contribution is 5.84. The quantitative estimate of drug-likeness (QED) is 0.778. The van der Waals surface area contributed by atoms with Crippen molar-refractivity contribution in [1.29, 1.82) is 0 Å². The lowest BCUT2D eigenvalue weighted by molar-refractivity contribution is -0.171. The van der Waals surface area contributed by atoms with Crippen LogP contribution in [0.4, 0.5) is 4.79 Å². The number of aryl methyl sites for hydroxylation is 1. The number of nitrogens with one attached hydrogen (secondary N) is 1. The van der Waals surface area contributed by atoms with Crippen molar-refractivity contribution in [3.8, 4) is 0 Å². The zero-order valence-corrected chi connectivity index (χ0v) is 15.2. The highest BCUT2D eigenvalue weighted by Gasteiger charge is 2.26. The molecule has 1 atom stereocenters. The van der Waals surface area contributed by atoms with E-state index in [9.17, 15) is 9.59 Å². The highest BCUT2D eigenvalue weighted by atomic mass is 16.7. The van der Waals surface area contributed by atoms with Gasteiger partial charge in [-0.2, -0.15) is 0 Å². The Labute approximate surface area is 144 Å². The van der Waals surface area contributed by atoms with E-state index >= 15 is 0 Å². The molecule has 1 aromatic carbocycles. The van der Waals surface area contributed by atoms with Crippen LogP contribution in [-0.2, 0) is 20.8 Å². The number of carbonyl (C=O) groups is 2. The summed E-state index contributed by atoms with van der Waals surface area (Å²) in [4.78, 5) is 29.3. The van der Waals surface area contributed by atoms with E-state index < -0.39 is 17.7 Å². The van der Waals surface area contributed by atoms with Crippen LogP contribution in [0.2, 0.25) is 0 Å². The van der Waals surface area contributed by atoms with Crippen LogP contribution >= 0.6 is 0 Å². The number of nitrogens with zero attached hydrogens (tertiary/aromatic N) is 1. The molecule has 0 unspecified atom stereocenters. The Kier molecular flexibility index (Phi) is 7.71. The molecule has 0 heterocycles. The molecule has 1 aromatic rings. The summed E-state index contributed by atoms with van der Waals surface area (Å²) in [5.74, 6) is -0.309. The summed E-state index contributed by atoms with van der Waals surface area (Å²) in [5, 5.41) is 3.76. The van der Waals surface area contributed by atoms with Crippen LogP contribution in [0.25, 0.3) is 0 Å². The fourth-order valence-corrected chi connectivity index (χ4v) is 2.17. The highest BCUT2D eigenvalue weighted by Crippen LogP contribution is 2.11. The number of ether oxygens (including phenoxy) is 1. The minimum absolute atomic E-state index is 0.309. The van der Waals surface area contributed by atoms with Crippen molar-refractivity contribution >= 4 is 12.0 Å². The predicted molar refractivity (Wildman–Crippen MR) is 92.3 cm³/mol. The van der Waals surface area contributed by atoms with Crippen LogP contribution < -0.4 is 5.32 Å². The van der Waals surface area contributed by atoms with Crippen LogP contribution in [0.5, 0.6) is 0 Å². The first-order valence-corrected chi connectivity index (χ1v) is 8.08. The largest absolute Gasteiger partial charge is 0.444 e. The van der Waals surface area contributed by atoms with Crippen LogP contribution in [0, 0.1) is 0 Å². The molecular weight excluding hydrogens is 308 g/mol. The van der Waals surface area contributed by atoms with Crippen molar-refractivity contribution in [1.82, 2.24) is 10.4 Å². The number of amides is 2. The van der Waals surface area contributed by atoms with Gasteiger partial charge in [-0.05, 0) is 45.6 Å². The number of rotatable bonds is 7. The van der Waals surface area contributed by atoms with Gasteiger partial charge in [0, 0.05) is 7.05 Å². The second-order valence-electron chi connectivity index (χ2n) is 6.59. The van der Waals surface area contributed by atoms with Gasteiger partial charge in [0.05, 0.1) is 7.11 Å². The third kappa shape index (κ3) is 7.46. The van der Waals surface area contributed by atoms with E-state index in [4.69, 9.17) is 9.57 Å². The second-order valence-corrected chi connectivity index (χ2v) is 6.59. The molecular formula is C18H28N2O4. The third-order valence-electron chi connectivity index (χ3n) is 3.37. The van der Waals surface area contributed by atoms with Gasteiger partial charge < -0.3 is 10.1 Å². The number of benzene rings is 1. The summed E-state index contributed by atoms with van der Waals surface area (Å²) in [6.45, 7) is 5.33. The van der Waals surface area contributed by atoms with E-state index in [1.54, 1.807) is 20.8 Å². The summed E-state index contributed by atoms with van der Waals surface area (Å²) >= 11 is 0. The van der Waals surface area contributed by atoms with Gasteiger partial charge >= 0.3 is 6.09 Å². The lowest BCUT2D eigenvalue weighted by Gasteiger charge is -2.25. The van der Waals surface area contributed by atoms with Crippen molar-refractivity contribution in [2.24, 2.45) is 0 Å². The van der Waals surface area contributed by atoms with Crippen LogP contribution in [0.1, 0.15) is 39.2 Å².